The fraction of sp³-hybridized carbons (Fsp3) is 0.500. The Morgan fingerprint density at radius 3 is 2.04 bits per heavy atom. The maximum Gasteiger partial charge on any atom is 0.490 e. The zero-order valence-electron chi connectivity index (χ0n) is 13.6. The average molecular weight is 422 g/mol. The molecule has 1 heterocycles. The zero-order valence-corrected chi connectivity index (χ0v) is 14.4. The molecule has 0 radical (unpaired) electrons. The number of aliphatic carboxylic acids is 1. The van der Waals surface area contributed by atoms with E-state index in [4.69, 9.17) is 9.90 Å². The summed E-state index contributed by atoms with van der Waals surface area (Å²) < 4.78 is 95.2. The Hall–Kier alpha value is -1.86. The fourth-order valence-corrected chi connectivity index (χ4v) is 3.14. The number of rotatable bonds is 4. The maximum atomic E-state index is 12.4. The lowest BCUT2D eigenvalue weighted by molar-refractivity contribution is -0.192. The SMILES string of the molecule is O=C(O)C(F)(F)F.O=S(=O)(NC[C@H]1CCNC1)c1ccc(C(F)(F)F)cc1. The Morgan fingerprint density at radius 2 is 1.67 bits per heavy atom. The number of halogens is 6. The highest BCUT2D eigenvalue weighted by Gasteiger charge is 2.38. The lowest BCUT2D eigenvalue weighted by Gasteiger charge is -2.12. The van der Waals surface area contributed by atoms with E-state index in [0.717, 1.165) is 43.8 Å². The Labute approximate surface area is 150 Å². The monoisotopic (exact) mass is 422 g/mol. The first-order valence-electron chi connectivity index (χ1n) is 7.41. The van der Waals surface area contributed by atoms with E-state index in [9.17, 15) is 34.8 Å². The lowest BCUT2D eigenvalue weighted by Crippen LogP contribution is -2.30. The van der Waals surface area contributed by atoms with Gasteiger partial charge >= 0.3 is 18.3 Å². The molecule has 1 saturated heterocycles. The minimum absolute atomic E-state index is 0.156. The molecule has 1 fully saturated rings. The van der Waals surface area contributed by atoms with Gasteiger partial charge in [0.15, 0.2) is 0 Å². The predicted octanol–water partition coefficient (Wildman–Crippen LogP) is 2.23. The summed E-state index contributed by atoms with van der Waals surface area (Å²) in [5.41, 5.74) is -0.864. The third-order valence-corrected chi connectivity index (χ3v) is 4.90. The molecule has 6 nitrogen and oxygen atoms in total. The molecule has 2 rings (SSSR count). The van der Waals surface area contributed by atoms with E-state index >= 15 is 0 Å². The van der Waals surface area contributed by atoms with Crippen LogP contribution in [0.1, 0.15) is 12.0 Å². The molecule has 0 aromatic heterocycles. The molecule has 1 aromatic rings. The van der Waals surface area contributed by atoms with Crippen molar-refractivity contribution >= 4 is 16.0 Å². The van der Waals surface area contributed by atoms with Crippen molar-refractivity contribution in [3.63, 3.8) is 0 Å². The van der Waals surface area contributed by atoms with Crippen molar-refractivity contribution in [3.05, 3.63) is 29.8 Å². The van der Waals surface area contributed by atoms with Crippen LogP contribution in [0.5, 0.6) is 0 Å². The van der Waals surface area contributed by atoms with Gasteiger partial charge in [0, 0.05) is 6.54 Å². The largest absolute Gasteiger partial charge is 0.490 e. The predicted molar refractivity (Wildman–Crippen MR) is 81.3 cm³/mol. The molecule has 1 atom stereocenters. The summed E-state index contributed by atoms with van der Waals surface area (Å²) in [4.78, 5) is 8.74. The molecular formula is C14H16F6N2O4S. The summed E-state index contributed by atoms with van der Waals surface area (Å²) in [6.45, 7) is 1.89. The molecule has 0 unspecified atom stereocenters. The van der Waals surface area contributed by atoms with Crippen LogP contribution in [0, 0.1) is 5.92 Å². The minimum Gasteiger partial charge on any atom is -0.475 e. The van der Waals surface area contributed by atoms with Gasteiger partial charge in [0.05, 0.1) is 10.5 Å². The van der Waals surface area contributed by atoms with Crippen molar-refractivity contribution in [1.29, 1.82) is 0 Å². The van der Waals surface area contributed by atoms with Crippen molar-refractivity contribution in [2.45, 2.75) is 23.7 Å². The summed E-state index contributed by atoms with van der Waals surface area (Å²) in [7, 11) is -3.76. The Kier molecular flexibility index (Phi) is 7.63. The smallest absolute Gasteiger partial charge is 0.475 e. The summed E-state index contributed by atoms with van der Waals surface area (Å²) in [5, 5.41) is 10.2. The number of benzene rings is 1. The van der Waals surface area contributed by atoms with Gasteiger partial charge in [-0.2, -0.15) is 26.3 Å². The van der Waals surface area contributed by atoms with E-state index in [1.165, 1.54) is 0 Å². The van der Waals surface area contributed by atoms with Gasteiger partial charge in [-0.3, -0.25) is 0 Å². The van der Waals surface area contributed by atoms with Gasteiger partial charge in [0.1, 0.15) is 0 Å². The first kappa shape index (κ1) is 23.2. The number of carboxylic acids is 1. The maximum absolute atomic E-state index is 12.4. The number of carboxylic acid groups (broad SMARTS) is 1. The average Bonchev–Trinajstić information content (AvgIpc) is 3.05. The molecule has 154 valence electrons. The van der Waals surface area contributed by atoms with Gasteiger partial charge < -0.3 is 10.4 Å². The molecule has 0 bridgehead atoms. The first-order chi connectivity index (χ1) is 12.2. The van der Waals surface area contributed by atoms with Crippen LogP contribution in [0.2, 0.25) is 0 Å². The summed E-state index contributed by atoms with van der Waals surface area (Å²) in [5.74, 6) is -2.54. The minimum atomic E-state index is -5.08. The zero-order chi connectivity index (χ0) is 20.9. The van der Waals surface area contributed by atoms with Gasteiger partial charge in [0.2, 0.25) is 10.0 Å². The van der Waals surface area contributed by atoms with Crippen molar-refractivity contribution < 1.29 is 44.7 Å². The molecule has 3 N–H and O–H groups in total. The number of carbonyl (C=O) groups is 1. The van der Waals surface area contributed by atoms with Crippen LogP contribution in [-0.2, 0) is 21.0 Å². The van der Waals surface area contributed by atoms with E-state index in [0.29, 0.717) is 0 Å². The molecule has 1 aliphatic rings. The topological polar surface area (TPSA) is 95.5 Å². The molecule has 0 aliphatic carbocycles. The van der Waals surface area contributed by atoms with Crippen molar-refractivity contribution in [1.82, 2.24) is 10.0 Å². The second-order valence-electron chi connectivity index (χ2n) is 5.54. The Morgan fingerprint density at radius 1 is 1.15 bits per heavy atom. The number of sulfonamides is 1. The Balaban J connectivity index is 0.000000445. The number of hydrogen-bond acceptors (Lipinski definition) is 4. The van der Waals surface area contributed by atoms with Crippen LogP contribution in [-0.4, -0.2) is 45.3 Å². The van der Waals surface area contributed by atoms with E-state index in [1.54, 1.807) is 0 Å². The van der Waals surface area contributed by atoms with E-state index < -0.39 is 33.9 Å². The molecule has 1 aliphatic heterocycles. The second-order valence-corrected chi connectivity index (χ2v) is 7.30. The van der Waals surface area contributed by atoms with Gasteiger partial charge in [-0.25, -0.2) is 17.9 Å². The first-order valence-corrected chi connectivity index (χ1v) is 8.89. The van der Waals surface area contributed by atoms with Crippen molar-refractivity contribution in [3.8, 4) is 0 Å². The van der Waals surface area contributed by atoms with E-state index in [-0.39, 0.29) is 17.4 Å². The highest BCUT2D eigenvalue weighted by atomic mass is 32.2. The number of alkyl halides is 6. The molecule has 13 heteroatoms. The van der Waals surface area contributed by atoms with Gasteiger partial charge in [-0.05, 0) is 49.7 Å². The van der Waals surface area contributed by atoms with Crippen molar-refractivity contribution in [2.24, 2.45) is 5.92 Å². The molecule has 27 heavy (non-hydrogen) atoms. The van der Waals surface area contributed by atoms with E-state index in [2.05, 4.69) is 10.0 Å². The van der Waals surface area contributed by atoms with Crippen LogP contribution < -0.4 is 10.0 Å². The summed E-state index contributed by atoms with van der Waals surface area (Å²) in [6.07, 6.45) is -8.67. The summed E-state index contributed by atoms with van der Waals surface area (Å²) in [6, 6.07) is 3.48. The van der Waals surface area contributed by atoms with Crippen LogP contribution in [0.15, 0.2) is 29.2 Å². The quantitative estimate of drug-likeness (QED) is 0.647. The number of nitrogens with one attached hydrogen (secondary N) is 2. The van der Waals surface area contributed by atoms with Crippen LogP contribution in [0.4, 0.5) is 26.3 Å². The molecule has 0 spiro atoms. The van der Waals surface area contributed by atoms with Crippen LogP contribution in [0.3, 0.4) is 0 Å². The molecule has 0 amide bonds. The standard InChI is InChI=1S/C12H15F3N2O2S.C2HF3O2/c13-12(14,15)10-1-3-11(4-2-10)20(18,19)17-8-9-5-6-16-7-9;3-2(4,5)1(6)7/h1-4,9,16-17H,5-8H2;(H,6,7)/t9-;/m0./s1. The lowest BCUT2D eigenvalue weighted by atomic mass is 10.1. The second kappa shape index (κ2) is 8.89. The fourth-order valence-electron chi connectivity index (χ4n) is 2.02. The summed E-state index contributed by atoms with van der Waals surface area (Å²) >= 11 is 0. The van der Waals surface area contributed by atoms with Crippen molar-refractivity contribution in [2.75, 3.05) is 19.6 Å². The van der Waals surface area contributed by atoms with Crippen LogP contribution >= 0.6 is 0 Å². The number of hydrogen-bond donors (Lipinski definition) is 3. The van der Waals surface area contributed by atoms with Gasteiger partial charge in [-0.15, -0.1) is 0 Å². The van der Waals surface area contributed by atoms with Crippen LogP contribution in [0.25, 0.3) is 0 Å². The third-order valence-electron chi connectivity index (χ3n) is 3.46. The molecular weight excluding hydrogens is 406 g/mol. The highest BCUT2D eigenvalue weighted by molar-refractivity contribution is 7.89. The highest BCUT2D eigenvalue weighted by Crippen LogP contribution is 2.29. The Bertz CT molecular complexity index is 725. The molecule has 1 aromatic carbocycles. The third kappa shape index (κ3) is 7.72. The van der Waals surface area contributed by atoms with Gasteiger partial charge in [0.25, 0.3) is 0 Å². The molecule has 0 saturated carbocycles. The normalized spacial score (nSPS) is 17.9. The van der Waals surface area contributed by atoms with E-state index in [1.807, 2.05) is 0 Å². The van der Waals surface area contributed by atoms with Gasteiger partial charge in [-0.1, -0.05) is 0 Å².